The second kappa shape index (κ2) is 9.63. The van der Waals surface area contributed by atoms with Crippen molar-refractivity contribution in [2.75, 3.05) is 7.11 Å². The number of rotatable bonds is 7. The average molecular weight is 450 g/mol. The molecule has 0 fully saturated rings. The maximum absolute atomic E-state index is 13.5. The van der Waals surface area contributed by atoms with E-state index in [9.17, 15) is 9.18 Å². The van der Waals surface area contributed by atoms with Gasteiger partial charge in [-0.3, -0.25) is 14.6 Å². The number of benzene rings is 3. The minimum Gasteiger partial charge on any atom is -0.497 e. The fourth-order valence-corrected chi connectivity index (χ4v) is 4.01. The van der Waals surface area contributed by atoms with Gasteiger partial charge in [-0.1, -0.05) is 36.0 Å². The van der Waals surface area contributed by atoms with Crippen LogP contribution in [0.25, 0.3) is 17.1 Å². The third kappa shape index (κ3) is 4.63. The van der Waals surface area contributed by atoms with Gasteiger partial charge < -0.3 is 4.74 Å². The van der Waals surface area contributed by atoms with Crippen LogP contribution in [0.3, 0.4) is 0 Å². The van der Waals surface area contributed by atoms with Gasteiger partial charge in [0.25, 0.3) is 5.91 Å². The van der Waals surface area contributed by atoms with Crippen LogP contribution < -0.4 is 10.2 Å². The topological polar surface area (TPSA) is 89.3 Å². The first kappa shape index (κ1) is 21.5. The molecule has 4 aromatic rings. The molecule has 0 aliphatic rings. The van der Waals surface area contributed by atoms with E-state index in [-0.39, 0.29) is 5.82 Å². The lowest BCUT2D eigenvalue weighted by atomic mass is 10.1. The summed E-state index contributed by atoms with van der Waals surface area (Å²) < 4.78 is 20.7. The van der Waals surface area contributed by atoms with Gasteiger partial charge in [-0.25, -0.2) is 9.87 Å². The lowest BCUT2D eigenvalue weighted by Crippen LogP contribution is -2.18. The lowest BCUT2D eigenvalue weighted by molar-refractivity contribution is 0.0706. The van der Waals surface area contributed by atoms with E-state index < -0.39 is 5.91 Å². The standard InChI is InChI=1S/C23H19FN4O3S/c1-31-20-4-2-3-17(13-20)21-25-26-23(28(21)19-11-9-18(24)10-12-19)32-14-15-5-7-16(8-6-15)22(29)27-30/h2-13,30H,14H2,1H3,(H,27,29). The maximum Gasteiger partial charge on any atom is 0.274 e. The summed E-state index contributed by atoms with van der Waals surface area (Å²) in [7, 11) is 1.60. The predicted octanol–water partition coefficient (Wildman–Crippen LogP) is 4.49. The van der Waals surface area contributed by atoms with Crippen molar-refractivity contribution in [2.45, 2.75) is 10.9 Å². The fourth-order valence-electron chi connectivity index (χ4n) is 3.10. The van der Waals surface area contributed by atoms with Gasteiger partial charge in [-0.2, -0.15) is 0 Å². The molecule has 0 saturated carbocycles. The number of nitrogens with zero attached hydrogens (tertiary/aromatic N) is 3. The number of methoxy groups -OCH3 is 1. The molecular formula is C23H19FN4O3S. The Morgan fingerprint density at radius 2 is 1.84 bits per heavy atom. The molecule has 0 aliphatic heterocycles. The molecule has 0 aliphatic carbocycles. The van der Waals surface area contributed by atoms with Crippen LogP contribution in [0.2, 0.25) is 0 Å². The van der Waals surface area contributed by atoms with Crippen molar-refractivity contribution in [3.05, 3.63) is 89.7 Å². The van der Waals surface area contributed by atoms with Crippen molar-refractivity contribution in [3.63, 3.8) is 0 Å². The Bertz CT molecular complexity index is 1230. The summed E-state index contributed by atoms with van der Waals surface area (Å²) >= 11 is 1.46. The predicted molar refractivity (Wildman–Crippen MR) is 119 cm³/mol. The summed E-state index contributed by atoms with van der Waals surface area (Å²) in [5, 5.41) is 18.1. The highest BCUT2D eigenvalue weighted by Gasteiger charge is 2.17. The molecule has 3 aromatic carbocycles. The van der Waals surface area contributed by atoms with Crippen molar-refractivity contribution in [2.24, 2.45) is 0 Å². The zero-order chi connectivity index (χ0) is 22.5. The van der Waals surface area contributed by atoms with Crippen LogP contribution in [0.1, 0.15) is 15.9 Å². The van der Waals surface area contributed by atoms with Crippen LogP contribution in [0.5, 0.6) is 5.75 Å². The number of carbonyl (C=O) groups excluding carboxylic acids is 1. The van der Waals surface area contributed by atoms with Gasteiger partial charge in [0.05, 0.1) is 7.11 Å². The Morgan fingerprint density at radius 3 is 2.53 bits per heavy atom. The molecular weight excluding hydrogens is 431 g/mol. The van der Waals surface area contributed by atoms with Crippen molar-refractivity contribution >= 4 is 17.7 Å². The van der Waals surface area contributed by atoms with Gasteiger partial charge in [0.2, 0.25) is 0 Å². The van der Waals surface area contributed by atoms with E-state index in [4.69, 9.17) is 9.94 Å². The molecule has 9 heteroatoms. The van der Waals surface area contributed by atoms with Crippen molar-refractivity contribution < 1.29 is 19.1 Å². The molecule has 0 saturated heterocycles. The Balaban J connectivity index is 1.66. The van der Waals surface area contributed by atoms with Gasteiger partial charge in [0, 0.05) is 22.6 Å². The average Bonchev–Trinajstić information content (AvgIpc) is 3.27. The molecule has 0 spiro atoms. The molecule has 7 nitrogen and oxygen atoms in total. The first-order chi connectivity index (χ1) is 15.6. The number of hydrogen-bond donors (Lipinski definition) is 2. The number of hydrogen-bond acceptors (Lipinski definition) is 6. The highest BCUT2D eigenvalue weighted by molar-refractivity contribution is 7.98. The third-order valence-corrected chi connectivity index (χ3v) is 5.73. The molecule has 1 aromatic heterocycles. The lowest BCUT2D eigenvalue weighted by Gasteiger charge is -2.11. The largest absolute Gasteiger partial charge is 0.497 e. The monoisotopic (exact) mass is 450 g/mol. The molecule has 1 amide bonds. The van der Waals surface area contributed by atoms with E-state index in [0.29, 0.717) is 28.0 Å². The van der Waals surface area contributed by atoms with Crippen molar-refractivity contribution in [3.8, 4) is 22.8 Å². The van der Waals surface area contributed by atoms with Crippen LogP contribution in [0.4, 0.5) is 4.39 Å². The summed E-state index contributed by atoms with van der Waals surface area (Å²) in [6, 6.07) is 20.5. The second-order valence-electron chi connectivity index (χ2n) is 6.78. The minimum atomic E-state index is -0.566. The zero-order valence-corrected chi connectivity index (χ0v) is 17.8. The van der Waals surface area contributed by atoms with E-state index in [1.807, 2.05) is 28.8 Å². The number of hydroxylamine groups is 1. The molecule has 0 unspecified atom stereocenters. The normalized spacial score (nSPS) is 10.7. The molecule has 1 heterocycles. The summed E-state index contributed by atoms with van der Waals surface area (Å²) in [6.45, 7) is 0. The van der Waals surface area contributed by atoms with Crippen molar-refractivity contribution in [1.82, 2.24) is 20.2 Å². The fraction of sp³-hybridized carbons (Fsp3) is 0.0870. The minimum absolute atomic E-state index is 0.328. The van der Waals surface area contributed by atoms with E-state index in [1.54, 1.807) is 49.0 Å². The van der Waals surface area contributed by atoms with Crippen LogP contribution in [0.15, 0.2) is 78.0 Å². The number of amides is 1. The summed E-state index contributed by atoms with van der Waals surface area (Å²) in [6.07, 6.45) is 0. The van der Waals surface area contributed by atoms with Crippen LogP contribution in [-0.2, 0) is 5.75 Å². The second-order valence-corrected chi connectivity index (χ2v) is 7.72. The van der Waals surface area contributed by atoms with Gasteiger partial charge in [-0.05, 0) is 54.1 Å². The highest BCUT2D eigenvalue weighted by Crippen LogP contribution is 2.31. The first-order valence-corrected chi connectivity index (χ1v) is 10.6. The SMILES string of the molecule is COc1cccc(-c2nnc(SCc3ccc(C(=O)NO)cc3)n2-c2ccc(F)cc2)c1. The van der Waals surface area contributed by atoms with Gasteiger partial charge >= 0.3 is 0 Å². The molecule has 2 N–H and O–H groups in total. The number of aromatic nitrogens is 3. The molecule has 0 atom stereocenters. The van der Waals surface area contributed by atoms with E-state index in [1.165, 1.54) is 23.9 Å². The van der Waals surface area contributed by atoms with Gasteiger partial charge in [0.1, 0.15) is 11.6 Å². The summed E-state index contributed by atoms with van der Waals surface area (Å²) in [5.41, 5.74) is 4.47. The zero-order valence-electron chi connectivity index (χ0n) is 17.0. The van der Waals surface area contributed by atoms with E-state index >= 15 is 0 Å². The molecule has 0 bridgehead atoms. The Hall–Kier alpha value is -3.69. The van der Waals surface area contributed by atoms with Gasteiger partial charge in [0.15, 0.2) is 11.0 Å². The number of ether oxygens (including phenoxy) is 1. The molecule has 162 valence electrons. The highest BCUT2D eigenvalue weighted by atomic mass is 32.2. The molecule has 4 rings (SSSR count). The van der Waals surface area contributed by atoms with E-state index in [0.717, 1.165) is 16.8 Å². The molecule has 32 heavy (non-hydrogen) atoms. The Labute approximate surface area is 187 Å². The van der Waals surface area contributed by atoms with Crippen LogP contribution in [0, 0.1) is 5.82 Å². The molecule has 0 radical (unpaired) electrons. The summed E-state index contributed by atoms with van der Waals surface area (Å²) in [5.74, 6) is 0.970. The number of nitrogens with one attached hydrogen (secondary N) is 1. The van der Waals surface area contributed by atoms with Gasteiger partial charge in [-0.15, -0.1) is 10.2 Å². The maximum atomic E-state index is 13.5. The Kier molecular flexibility index (Phi) is 6.48. The van der Waals surface area contributed by atoms with Crippen molar-refractivity contribution in [1.29, 1.82) is 0 Å². The Morgan fingerprint density at radius 1 is 1.09 bits per heavy atom. The van der Waals surface area contributed by atoms with Crippen LogP contribution >= 0.6 is 11.8 Å². The number of thioether (sulfide) groups is 1. The quantitative estimate of drug-likeness (QED) is 0.245. The van der Waals surface area contributed by atoms with E-state index in [2.05, 4.69) is 10.2 Å². The number of carbonyl (C=O) groups is 1. The summed E-state index contributed by atoms with van der Waals surface area (Å²) in [4.78, 5) is 11.5. The first-order valence-electron chi connectivity index (χ1n) is 9.61. The van der Waals surface area contributed by atoms with Crippen LogP contribution in [-0.4, -0.2) is 33.0 Å². The number of halogens is 1. The third-order valence-electron chi connectivity index (χ3n) is 4.73. The smallest absolute Gasteiger partial charge is 0.274 e.